The van der Waals surface area contributed by atoms with Crippen LogP contribution in [0.25, 0.3) is 0 Å². The molecular weight excluding hydrogens is 244 g/mol. The highest BCUT2D eigenvalue weighted by Crippen LogP contribution is 2.26. The van der Waals surface area contributed by atoms with Gasteiger partial charge in [-0.05, 0) is 25.3 Å². The predicted molar refractivity (Wildman–Crippen MR) is 94.5 cm³/mol. The van der Waals surface area contributed by atoms with E-state index in [0.29, 0.717) is 5.41 Å². The van der Waals surface area contributed by atoms with E-state index >= 15 is 0 Å². The fourth-order valence-corrected chi connectivity index (χ4v) is 2.95. The van der Waals surface area contributed by atoms with Crippen LogP contribution in [-0.2, 0) is 0 Å². The molecule has 0 aliphatic carbocycles. The highest BCUT2D eigenvalue weighted by atomic mass is 15.3. The lowest BCUT2D eigenvalue weighted by molar-refractivity contribution is 0.0521. The molecule has 20 heavy (non-hydrogen) atoms. The van der Waals surface area contributed by atoms with Gasteiger partial charge in [0.05, 0.1) is 0 Å². The van der Waals surface area contributed by atoms with Gasteiger partial charge >= 0.3 is 0 Å². The van der Waals surface area contributed by atoms with Crippen molar-refractivity contribution in [2.45, 2.75) is 80.7 Å². The van der Waals surface area contributed by atoms with Crippen molar-refractivity contribution >= 4 is 0 Å². The predicted octanol–water partition coefficient (Wildman–Crippen LogP) is 4.89. The quantitative estimate of drug-likeness (QED) is 0.710. The minimum atomic E-state index is 0.484. The lowest BCUT2D eigenvalue weighted by Gasteiger charge is -2.43. The first-order chi connectivity index (χ1) is 9.48. The van der Waals surface area contributed by atoms with E-state index in [1.165, 1.54) is 45.4 Å². The largest absolute Gasteiger partial charge is 0.304 e. The highest BCUT2D eigenvalue weighted by Gasteiger charge is 2.28. The molecule has 0 bridgehead atoms. The lowest BCUT2D eigenvalue weighted by atomic mass is 9.86. The van der Waals surface area contributed by atoms with Crippen molar-refractivity contribution in [1.82, 2.24) is 9.80 Å². The summed E-state index contributed by atoms with van der Waals surface area (Å²) < 4.78 is 0. The second kappa shape index (κ2) is 12.6. The Bertz CT molecular complexity index is 202. The number of rotatable bonds is 5. The topological polar surface area (TPSA) is 6.48 Å². The average Bonchev–Trinajstić information content (AvgIpc) is 2.45. The molecule has 1 aliphatic heterocycles. The van der Waals surface area contributed by atoms with Crippen molar-refractivity contribution in [1.29, 1.82) is 0 Å². The molecule has 0 aromatic rings. The molecule has 1 rings (SSSR count). The fraction of sp³-hybridized carbons (Fsp3) is 1.00. The minimum Gasteiger partial charge on any atom is -0.304 e. The summed E-state index contributed by atoms with van der Waals surface area (Å²) in [5.41, 5.74) is 0.484. The Morgan fingerprint density at radius 1 is 1.00 bits per heavy atom. The fourth-order valence-electron chi connectivity index (χ4n) is 2.95. The van der Waals surface area contributed by atoms with Gasteiger partial charge in [0.15, 0.2) is 0 Å². The van der Waals surface area contributed by atoms with Gasteiger partial charge in [0.2, 0.25) is 0 Å². The van der Waals surface area contributed by atoms with E-state index in [4.69, 9.17) is 0 Å². The van der Waals surface area contributed by atoms with Crippen molar-refractivity contribution in [2.75, 3.05) is 33.2 Å². The Hall–Kier alpha value is -0.0800. The van der Waals surface area contributed by atoms with Gasteiger partial charge in [0, 0.05) is 32.2 Å². The number of nitrogens with zero attached hydrogens (tertiary/aromatic N) is 2. The Balaban J connectivity index is 0. The molecule has 1 aliphatic rings. The van der Waals surface area contributed by atoms with E-state index in [1.54, 1.807) is 0 Å². The number of hydrogen-bond donors (Lipinski definition) is 0. The first-order valence-electron chi connectivity index (χ1n) is 8.91. The second-order valence-corrected chi connectivity index (χ2v) is 6.21. The van der Waals surface area contributed by atoms with Crippen LogP contribution in [0.4, 0.5) is 0 Å². The van der Waals surface area contributed by atoms with Crippen LogP contribution < -0.4 is 0 Å². The molecule has 1 heterocycles. The third kappa shape index (κ3) is 8.97. The molecule has 0 saturated carbocycles. The van der Waals surface area contributed by atoms with Crippen LogP contribution in [0.2, 0.25) is 0 Å². The van der Waals surface area contributed by atoms with Crippen molar-refractivity contribution in [2.24, 2.45) is 5.41 Å². The molecule has 0 aromatic carbocycles. The Morgan fingerprint density at radius 3 is 2.00 bits per heavy atom. The summed E-state index contributed by atoms with van der Waals surface area (Å²) in [5.74, 6) is 0. The molecule has 0 aromatic heterocycles. The van der Waals surface area contributed by atoms with Crippen LogP contribution in [0, 0.1) is 5.41 Å². The van der Waals surface area contributed by atoms with Crippen LogP contribution in [0.3, 0.4) is 0 Å². The van der Waals surface area contributed by atoms with Crippen LogP contribution in [-0.4, -0.2) is 49.1 Å². The molecule has 1 atom stereocenters. The average molecular weight is 287 g/mol. The maximum Gasteiger partial charge on any atom is 0.0221 e. The van der Waals surface area contributed by atoms with E-state index in [9.17, 15) is 0 Å². The van der Waals surface area contributed by atoms with Crippen molar-refractivity contribution in [3.63, 3.8) is 0 Å². The number of piperazine rings is 1. The minimum absolute atomic E-state index is 0.484. The zero-order chi connectivity index (χ0) is 16.2. The Kier molecular flexibility index (Phi) is 14.0. The van der Waals surface area contributed by atoms with Gasteiger partial charge in [-0.15, -0.1) is 0 Å². The van der Waals surface area contributed by atoms with Gasteiger partial charge in [0.1, 0.15) is 0 Å². The van der Waals surface area contributed by atoms with Crippen molar-refractivity contribution in [3.8, 4) is 0 Å². The summed E-state index contributed by atoms with van der Waals surface area (Å²) in [6.45, 7) is 22.5. The number of likely N-dealkylation sites (N-methyl/N-ethyl adjacent to an activating group) is 1. The van der Waals surface area contributed by atoms with Gasteiger partial charge in [-0.1, -0.05) is 61.8 Å². The standard InChI is InChI=1S/C14H30N2.2C2H6/c1-6-8-14(3,4)12-16-10-9-15(5)11-13(16)7-2;2*1-2/h13H,6-12H2,1-5H3;2*1-2H3. The summed E-state index contributed by atoms with van der Waals surface area (Å²) in [6.07, 6.45) is 3.93. The third-order valence-corrected chi connectivity index (χ3v) is 3.84. The molecular formula is C18H42N2. The van der Waals surface area contributed by atoms with Crippen LogP contribution in [0.5, 0.6) is 0 Å². The van der Waals surface area contributed by atoms with Crippen LogP contribution in [0.1, 0.15) is 74.7 Å². The maximum atomic E-state index is 2.72. The van der Waals surface area contributed by atoms with E-state index in [-0.39, 0.29) is 0 Å². The van der Waals surface area contributed by atoms with Gasteiger partial charge in [-0.3, -0.25) is 4.90 Å². The molecule has 1 saturated heterocycles. The van der Waals surface area contributed by atoms with Crippen molar-refractivity contribution in [3.05, 3.63) is 0 Å². The first kappa shape index (κ1) is 22.2. The second-order valence-electron chi connectivity index (χ2n) is 6.21. The first-order valence-corrected chi connectivity index (χ1v) is 8.91. The normalized spacial score (nSPS) is 20.6. The molecule has 124 valence electrons. The maximum absolute atomic E-state index is 2.72. The van der Waals surface area contributed by atoms with Gasteiger partial charge in [-0.25, -0.2) is 0 Å². The summed E-state index contributed by atoms with van der Waals surface area (Å²) >= 11 is 0. The molecule has 2 heteroatoms. The molecule has 1 fully saturated rings. The number of hydrogen-bond acceptors (Lipinski definition) is 2. The zero-order valence-corrected chi connectivity index (χ0v) is 15.9. The lowest BCUT2D eigenvalue weighted by Crippen LogP contribution is -2.53. The zero-order valence-electron chi connectivity index (χ0n) is 15.9. The van der Waals surface area contributed by atoms with E-state index in [0.717, 1.165) is 6.04 Å². The van der Waals surface area contributed by atoms with Crippen LogP contribution in [0.15, 0.2) is 0 Å². The summed E-state index contributed by atoms with van der Waals surface area (Å²) in [4.78, 5) is 5.19. The van der Waals surface area contributed by atoms with E-state index < -0.39 is 0 Å². The smallest absolute Gasteiger partial charge is 0.0221 e. The summed E-state index contributed by atoms with van der Waals surface area (Å²) in [6, 6.07) is 0.773. The molecule has 0 amide bonds. The van der Waals surface area contributed by atoms with E-state index in [2.05, 4.69) is 44.5 Å². The van der Waals surface area contributed by atoms with E-state index in [1.807, 2.05) is 27.7 Å². The molecule has 1 unspecified atom stereocenters. The Labute approximate surface area is 129 Å². The molecule has 0 N–H and O–H groups in total. The molecule has 0 spiro atoms. The SMILES string of the molecule is CC.CC.CCCC(C)(C)CN1CCN(C)CC1CC. The third-order valence-electron chi connectivity index (χ3n) is 3.84. The summed E-state index contributed by atoms with van der Waals surface area (Å²) in [7, 11) is 2.25. The molecule has 0 radical (unpaired) electrons. The summed E-state index contributed by atoms with van der Waals surface area (Å²) in [5, 5.41) is 0. The van der Waals surface area contributed by atoms with Gasteiger partial charge < -0.3 is 4.90 Å². The van der Waals surface area contributed by atoms with Gasteiger partial charge in [-0.2, -0.15) is 0 Å². The highest BCUT2D eigenvalue weighted by molar-refractivity contribution is 4.83. The van der Waals surface area contributed by atoms with Crippen LogP contribution >= 0.6 is 0 Å². The Morgan fingerprint density at radius 2 is 1.55 bits per heavy atom. The van der Waals surface area contributed by atoms with Crippen molar-refractivity contribution < 1.29 is 0 Å². The molecule has 2 nitrogen and oxygen atoms in total. The van der Waals surface area contributed by atoms with Gasteiger partial charge in [0.25, 0.3) is 0 Å². The monoisotopic (exact) mass is 286 g/mol.